The minimum Gasteiger partial charge on any atom is -0.496 e. The van der Waals surface area contributed by atoms with Crippen LogP contribution in [0.25, 0.3) is 0 Å². The van der Waals surface area contributed by atoms with Crippen molar-refractivity contribution in [1.29, 1.82) is 0 Å². The van der Waals surface area contributed by atoms with Gasteiger partial charge in [-0.1, -0.05) is 18.2 Å². The van der Waals surface area contributed by atoms with E-state index >= 15 is 0 Å². The summed E-state index contributed by atoms with van der Waals surface area (Å²) in [4.78, 5) is 14.6. The Balaban J connectivity index is 1.76. The molecule has 0 N–H and O–H groups in total. The maximum atomic E-state index is 12.9. The molecular formula is C21H25N3O2. The molecule has 1 unspecified atom stereocenters. The van der Waals surface area contributed by atoms with E-state index in [0.717, 1.165) is 35.7 Å². The summed E-state index contributed by atoms with van der Waals surface area (Å²) >= 11 is 0. The molecule has 136 valence electrons. The van der Waals surface area contributed by atoms with Crippen molar-refractivity contribution in [3.63, 3.8) is 0 Å². The molecule has 5 nitrogen and oxygen atoms in total. The molecule has 0 saturated carbocycles. The quantitative estimate of drug-likeness (QED) is 0.814. The van der Waals surface area contributed by atoms with Gasteiger partial charge < -0.3 is 9.64 Å². The van der Waals surface area contributed by atoms with Gasteiger partial charge in [-0.15, -0.1) is 0 Å². The first-order chi connectivity index (χ1) is 12.5. The Morgan fingerprint density at radius 3 is 2.50 bits per heavy atom. The van der Waals surface area contributed by atoms with E-state index in [-0.39, 0.29) is 11.9 Å². The fourth-order valence-corrected chi connectivity index (χ4v) is 3.14. The SMILES string of the molecule is COc1ccccc1C(C)N(C)C(=O)c1ccc(N2CCC(C)=N2)cc1. The van der Waals surface area contributed by atoms with Gasteiger partial charge in [-0.25, -0.2) is 0 Å². The van der Waals surface area contributed by atoms with Crippen LogP contribution in [0.2, 0.25) is 0 Å². The van der Waals surface area contributed by atoms with Gasteiger partial charge in [-0.05, 0) is 44.2 Å². The highest BCUT2D eigenvalue weighted by atomic mass is 16.5. The molecule has 26 heavy (non-hydrogen) atoms. The zero-order valence-corrected chi connectivity index (χ0v) is 15.8. The van der Waals surface area contributed by atoms with Crippen LogP contribution in [0.5, 0.6) is 5.75 Å². The van der Waals surface area contributed by atoms with E-state index in [9.17, 15) is 4.79 Å². The Bertz CT molecular complexity index is 814. The topological polar surface area (TPSA) is 45.1 Å². The summed E-state index contributed by atoms with van der Waals surface area (Å²) in [6, 6.07) is 15.3. The lowest BCUT2D eigenvalue weighted by Gasteiger charge is -2.27. The van der Waals surface area contributed by atoms with Crippen LogP contribution >= 0.6 is 0 Å². The van der Waals surface area contributed by atoms with Gasteiger partial charge in [0.1, 0.15) is 5.75 Å². The fourth-order valence-electron chi connectivity index (χ4n) is 3.14. The largest absolute Gasteiger partial charge is 0.496 e. The van der Waals surface area contributed by atoms with Gasteiger partial charge in [-0.3, -0.25) is 9.80 Å². The van der Waals surface area contributed by atoms with Crippen molar-refractivity contribution in [2.75, 3.05) is 25.7 Å². The lowest BCUT2D eigenvalue weighted by atomic mass is 10.0. The lowest BCUT2D eigenvalue weighted by Crippen LogP contribution is -2.30. The molecule has 5 heteroatoms. The van der Waals surface area contributed by atoms with Crippen LogP contribution in [0, 0.1) is 0 Å². The third-order valence-corrected chi connectivity index (χ3v) is 4.88. The van der Waals surface area contributed by atoms with Crippen molar-refractivity contribution in [3.8, 4) is 5.75 Å². The average Bonchev–Trinajstić information content (AvgIpc) is 3.12. The molecular weight excluding hydrogens is 326 g/mol. The van der Waals surface area contributed by atoms with Crippen LogP contribution < -0.4 is 9.75 Å². The number of benzene rings is 2. The predicted molar refractivity (Wildman–Crippen MR) is 105 cm³/mol. The first-order valence-electron chi connectivity index (χ1n) is 8.83. The van der Waals surface area contributed by atoms with Crippen LogP contribution in [0.3, 0.4) is 0 Å². The summed E-state index contributed by atoms with van der Waals surface area (Å²) in [5.74, 6) is 0.772. The van der Waals surface area contributed by atoms with Gasteiger partial charge in [0.05, 0.1) is 18.8 Å². The highest BCUT2D eigenvalue weighted by molar-refractivity contribution is 5.95. The molecule has 1 heterocycles. The molecule has 0 saturated heterocycles. The Kier molecular flexibility index (Phi) is 5.26. The van der Waals surface area contributed by atoms with E-state index in [1.54, 1.807) is 12.0 Å². The van der Waals surface area contributed by atoms with Crippen molar-refractivity contribution in [3.05, 3.63) is 59.7 Å². The molecule has 2 aromatic carbocycles. The molecule has 1 amide bonds. The molecule has 2 aromatic rings. The van der Waals surface area contributed by atoms with Gasteiger partial charge in [0, 0.05) is 36.9 Å². The van der Waals surface area contributed by atoms with Gasteiger partial charge in [0.15, 0.2) is 0 Å². The second-order valence-electron chi connectivity index (χ2n) is 6.59. The Morgan fingerprint density at radius 1 is 1.19 bits per heavy atom. The average molecular weight is 351 g/mol. The molecule has 0 radical (unpaired) electrons. The Labute approximate surface area is 154 Å². The van der Waals surface area contributed by atoms with Crippen LogP contribution in [0.15, 0.2) is 53.6 Å². The summed E-state index contributed by atoms with van der Waals surface area (Å²) in [5, 5.41) is 6.47. The predicted octanol–water partition coefficient (Wildman–Crippen LogP) is 4.11. The normalized spacial score (nSPS) is 14.8. The van der Waals surface area contributed by atoms with Crippen molar-refractivity contribution in [2.24, 2.45) is 5.10 Å². The first kappa shape index (κ1) is 18.0. The number of methoxy groups -OCH3 is 1. The number of anilines is 1. The van der Waals surface area contributed by atoms with E-state index in [4.69, 9.17) is 4.74 Å². The number of ether oxygens (including phenoxy) is 1. The monoisotopic (exact) mass is 351 g/mol. The zero-order chi connectivity index (χ0) is 18.7. The lowest BCUT2D eigenvalue weighted by molar-refractivity contribution is 0.0741. The van der Waals surface area contributed by atoms with Crippen LogP contribution in [0.4, 0.5) is 5.69 Å². The number of rotatable bonds is 5. The maximum Gasteiger partial charge on any atom is 0.254 e. The number of para-hydroxylation sites is 1. The van der Waals surface area contributed by atoms with Crippen molar-refractivity contribution < 1.29 is 9.53 Å². The molecule has 3 rings (SSSR count). The van der Waals surface area contributed by atoms with E-state index in [0.29, 0.717) is 5.56 Å². The van der Waals surface area contributed by atoms with Gasteiger partial charge in [0.25, 0.3) is 5.91 Å². The third-order valence-electron chi connectivity index (χ3n) is 4.88. The van der Waals surface area contributed by atoms with Gasteiger partial charge in [-0.2, -0.15) is 5.10 Å². The first-order valence-corrected chi connectivity index (χ1v) is 8.83. The van der Waals surface area contributed by atoms with Crippen molar-refractivity contribution >= 4 is 17.3 Å². The van der Waals surface area contributed by atoms with Crippen LogP contribution in [0.1, 0.15) is 42.2 Å². The fraction of sp³-hybridized carbons (Fsp3) is 0.333. The summed E-state index contributed by atoms with van der Waals surface area (Å²) < 4.78 is 5.43. The molecule has 1 atom stereocenters. The van der Waals surface area contributed by atoms with Crippen molar-refractivity contribution in [1.82, 2.24) is 4.90 Å². The molecule has 0 fully saturated rings. The smallest absolute Gasteiger partial charge is 0.254 e. The Hall–Kier alpha value is -2.82. The minimum absolute atomic E-state index is 0.0175. The number of hydrogen-bond donors (Lipinski definition) is 0. The second-order valence-corrected chi connectivity index (χ2v) is 6.59. The number of hydrazone groups is 1. The molecule has 0 bridgehead atoms. The van der Waals surface area contributed by atoms with E-state index in [2.05, 4.69) is 5.10 Å². The van der Waals surface area contributed by atoms with Crippen molar-refractivity contribution in [2.45, 2.75) is 26.3 Å². The zero-order valence-electron chi connectivity index (χ0n) is 15.8. The number of carbonyl (C=O) groups excluding carboxylic acids is 1. The number of amides is 1. The van der Waals surface area contributed by atoms with Gasteiger partial charge in [0.2, 0.25) is 0 Å². The highest BCUT2D eigenvalue weighted by Crippen LogP contribution is 2.29. The summed E-state index contributed by atoms with van der Waals surface area (Å²) in [7, 11) is 3.47. The van der Waals surface area contributed by atoms with E-state index in [1.807, 2.05) is 74.4 Å². The second kappa shape index (κ2) is 7.60. The Morgan fingerprint density at radius 2 is 1.88 bits per heavy atom. The van der Waals surface area contributed by atoms with E-state index < -0.39 is 0 Å². The number of carbonyl (C=O) groups is 1. The molecule has 1 aliphatic rings. The molecule has 0 aromatic heterocycles. The summed E-state index contributed by atoms with van der Waals surface area (Å²) in [6.07, 6.45) is 0.986. The third kappa shape index (κ3) is 3.57. The number of hydrogen-bond acceptors (Lipinski definition) is 4. The minimum atomic E-state index is -0.0934. The maximum absolute atomic E-state index is 12.9. The molecule has 0 aliphatic carbocycles. The summed E-state index contributed by atoms with van der Waals surface area (Å²) in [6.45, 7) is 4.93. The van der Waals surface area contributed by atoms with E-state index in [1.165, 1.54) is 0 Å². The highest BCUT2D eigenvalue weighted by Gasteiger charge is 2.22. The van der Waals surface area contributed by atoms with Crippen LogP contribution in [-0.4, -0.2) is 37.2 Å². The molecule has 1 aliphatic heterocycles. The molecule has 0 spiro atoms. The van der Waals surface area contributed by atoms with Gasteiger partial charge >= 0.3 is 0 Å². The van der Waals surface area contributed by atoms with Crippen LogP contribution in [-0.2, 0) is 0 Å². The summed E-state index contributed by atoms with van der Waals surface area (Å²) in [5.41, 5.74) is 3.80. The standard InChI is InChI=1S/C21H25N3O2/c1-15-13-14-24(22-15)18-11-9-17(10-12-18)21(25)23(3)16(2)19-7-5-6-8-20(19)26-4/h5-12,16H,13-14H2,1-4H3. The number of nitrogens with zero attached hydrogens (tertiary/aromatic N) is 3.